The Bertz CT molecular complexity index is 315. The van der Waals surface area contributed by atoms with E-state index in [1.165, 1.54) is 4.90 Å². The van der Waals surface area contributed by atoms with Crippen molar-refractivity contribution in [3.05, 3.63) is 0 Å². The zero-order valence-electron chi connectivity index (χ0n) is 9.89. The minimum Gasteiger partial charge on any atom is -0.481 e. The summed E-state index contributed by atoms with van der Waals surface area (Å²) in [5.74, 6) is -0.850. The van der Waals surface area contributed by atoms with Gasteiger partial charge in [0.05, 0.1) is 12.0 Å². The SMILES string of the molecule is CC1OCCC1CNC(=O)N1CC(C(=O)O)C1. The molecular weight excluding hydrogens is 224 g/mol. The third-order valence-electron chi connectivity index (χ3n) is 3.57. The molecule has 0 aromatic carbocycles. The van der Waals surface area contributed by atoms with E-state index in [1.807, 2.05) is 6.92 Å². The second kappa shape index (κ2) is 4.91. The molecule has 0 aromatic rings. The van der Waals surface area contributed by atoms with Crippen molar-refractivity contribution in [1.29, 1.82) is 0 Å². The average molecular weight is 242 g/mol. The van der Waals surface area contributed by atoms with Gasteiger partial charge >= 0.3 is 12.0 Å². The lowest BCUT2D eigenvalue weighted by atomic mass is 10.0. The molecule has 0 radical (unpaired) electrons. The molecule has 0 aromatic heterocycles. The summed E-state index contributed by atoms with van der Waals surface area (Å²) in [6, 6.07) is -0.165. The van der Waals surface area contributed by atoms with Crippen molar-refractivity contribution in [1.82, 2.24) is 10.2 Å². The fourth-order valence-corrected chi connectivity index (χ4v) is 2.17. The Hall–Kier alpha value is -1.30. The van der Waals surface area contributed by atoms with E-state index in [-0.39, 0.29) is 12.1 Å². The van der Waals surface area contributed by atoms with Gasteiger partial charge in [-0.05, 0) is 13.3 Å². The molecule has 0 spiro atoms. The minimum atomic E-state index is -0.827. The quantitative estimate of drug-likeness (QED) is 0.737. The van der Waals surface area contributed by atoms with Crippen LogP contribution in [-0.4, -0.2) is 54.4 Å². The fraction of sp³-hybridized carbons (Fsp3) is 0.818. The Morgan fingerprint density at radius 2 is 2.18 bits per heavy atom. The van der Waals surface area contributed by atoms with E-state index in [2.05, 4.69) is 5.32 Å². The van der Waals surface area contributed by atoms with Gasteiger partial charge in [-0.3, -0.25) is 4.79 Å². The van der Waals surface area contributed by atoms with Crippen LogP contribution < -0.4 is 5.32 Å². The number of likely N-dealkylation sites (tertiary alicyclic amines) is 1. The molecule has 6 nitrogen and oxygen atoms in total. The summed E-state index contributed by atoms with van der Waals surface area (Å²) in [7, 11) is 0. The first-order valence-corrected chi connectivity index (χ1v) is 5.95. The van der Waals surface area contributed by atoms with E-state index < -0.39 is 11.9 Å². The predicted molar refractivity (Wildman–Crippen MR) is 59.6 cm³/mol. The predicted octanol–water partition coefficient (Wildman–Crippen LogP) is 0.137. The van der Waals surface area contributed by atoms with E-state index in [0.717, 1.165) is 13.0 Å². The number of nitrogens with zero attached hydrogens (tertiary/aromatic N) is 1. The van der Waals surface area contributed by atoms with E-state index in [0.29, 0.717) is 25.6 Å². The number of hydrogen-bond acceptors (Lipinski definition) is 3. The third kappa shape index (κ3) is 2.69. The smallest absolute Gasteiger partial charge is 0.317 e. The molecular formula is C11H18N2O4. The normalized spacial score (nSPS) is 28.9. The molecule has 2 amide bonds. The number of amides is 2. The van der Waals surface area contributed by atoms with Gasteiger partial charge in [0.1, 0.15) is 0 Å². The monoisotopic (exact) mass is 242 g/mol. The number of ether oxygens (including phenoxy) is 1. The third-order valence-corrected chi connectivity index (χ3v) is 3.57. The van der Waals surface area contributed by atoms with Crippen LogP contribution >= 0.6 is 0 Å². The second-order valence-electron chi connectivity index (χ2n) is 4.75. The lowest BCUT2D eigenvalue weighted by Gasteiger charge is -2.36. The van der Waals surface area contributed by atoms with Gasteiger partial charge in [-0.1, -0.05) is 0 Å². The van der Waals surface area contributed by atoms with Gasteiger partial charge < -0.3 is 20.1 Å². The highest BCUT2D eigenvalue weighted by Gasteiger charge is 2.36. The van der Waals surface area contributed by atoms with Crippen LogP contribution in [-0.2, 0) is 9.53 Å². The molecule has 0 saturated carbocycles. The van der Waals surface area contributed by atoms with Crippen molar-refractivity contribution in [3.8, 4) is 0 Å². The molecule has 2 saturated heterocycles. The van der Waals surface area contributed by atoms with Crippen molar-refractivity contribution in [2.24, 2.45) is 11.8 Å². The van der Waals surface area contributed by atoms with Crippen LogP contribution in [0.4, 0.5) is 4.79 Å². The molecule has 17 heavy (non-hydrogen) atoms. The highest BCUT2D eigenvalue weighted by Crippen LogP contribution is 2.20. The van der Waals surface area contributed by atoms with Crippen LogP contribution in [0, 0.1) is 11.8 Å². The minimum absolute atomic E-state index is 0.165. The van der Waals surface area contributed by atoms with Crippen LogP contribution in [0.15, 0.2) is 0 Å². The Labute approximate surface area is 99.9 Å². The molecule has 6 heteroatoms. The second-order valence-corrected chi connectivity index (χ2v) is 4.75. The molecule has 2 heterocycles. The van der Waals surface area contributed by atoms with Crippen molar-refractivity contribution < 1.29 is 19.4 Å². The van der Waals surface area contributed by atoms with Gasteiger partial charge in [0, 0.05) is 32.2 Å². The maximum absolute atomic E-state index is 11.6. The molecule has 2 unspecified atom stereocenters. The highest BCUT2D eigenvalue weighted by molar-refractivity contribution is 5.79. The Balaban J connectivity index is 1.67. The molecule has 96 valence electrons. The fourth-order valence-electron chi connectivity index (χ4n) is 2.17. The Kier molecular flexibility index (Phi) is 3.51. The topological polar surface area (TPSA) is 78.9 Å². The summed E-state index contributed by atoms with van der Waals surface area (Å²) in [5.41, 5.74) is 0. The zero-order valence-corrected chi connectivity index (χ0v) is 9.89. The van der Waals surface area contributed by atoms with Crippen molar-refractivity contribution >= 4 is 12.0 Å². The summed E-state index contributed by atoms with van der Waals surface area (Å²) in [6.07, 6.45) is 1.16. The van der Waals surface area contributed by atoms with E-state index in [9.17, 15) is 9.59 Å². The van der Waals surface area contributed by atoms with Crippen LogP contribution in [0.2, 0.25) is 0 Å². The lowest BCUT2D eigenvalue weighted by Crippen LogP contribution is -2.56. The number of carbonyl (C=O) groups is 2. The average Bonchev–Trinajstić information content (AvgIpc) is 2.58. The van der Waals surface area contributed by atoms with E-state index in [1.54, 1.807) is 0 Å². The number of hydrogen-bond donors (Lipinski definition) is 2. The highest BCUT2D eigenvalue weighted by atomic mass is 16.5. The van der Waals surface area contributed by atoms with Gasteiger partial charge in [-0.2, -0.15) is 0 Å². The Morgan fingerprint density at radius 3 is 2.71 bits per heavy atom. The van der Waals surface area contributed by atoms with Crippen molar-refractivity contribution in [3.63, 3.8) is 0 Å². The molecule has 2 atom stereocenters. The van der Waals surface area contributed by atoms with Crippen molar-refractivity contribution in [2.75, 3.05) is 26.2 Å². The summed E-state index contributed by atoms with van der Waals surface area (Å²) < 4.78 is 5.40. The van der Waals surface area contributed by atoms with Crippen LogP contribution in [0.1, 0.15) is 13.3 Å². The standard InChI is InChI=1S/C11H18N2O4/c1-7-8(2-3-17-7)4-12-11(16)13-5-9(6-13)10(14)15/h7-9H,2-6H2,1H3,(H,12,16)(H,14,15). The molecule has 2 aliphatic heterocycles. The molecule has 0 aliphatic carbocycles. The first kappa shape index (κ1) is 12.2. The first-order valence-electron chi connectivity index (χ1n) is 5.95. The molecule has 2 aliphatic rings. The largest absolute Gasteiger partial charge is 0.481 e. The number of aliphatic carboxylic acids is 1. The zero-order chi connectivity index (χ0) is 12.4. The lowest BCUT2D eigenvalue weighted by molar-refractivity contribution is -0.146. The van der Waals surface area contributed by atoms with Crippen molar-refractivity contribution in [2.45, 2.75) is 19.4 Å². The summed E-state index contributed by atoms with van der Waals surface area (Å²) in [4.78, 5) is 23.7. The van der Waals surface area contributed by atoms with Gasteiger partial charge in [0.2, 0.25) is 0 Å². The first-order chi connectivity index (χ1) is 8.08. The molecule has 0 bridgehead atoms. The van der Waals surface area contributed by atoms with Crippen LogP contribution in [0.5, 0.6) is 0 Å². The van der Waals surface area contributed by atoms with E-state index >= 15 is 0 Å². The number of urea groups is 1. The van der Waals surface area contributed by atoms with Gasteiger partial charge in [-0.15, -0.1) is 0 Å². The maximum atomic E-state index is 11.6. The van der Waals surface area contributed by atoms with Crippen LogP contribution in [0.25, 0.3) is 0 Å². The maximum Gasteiger partial charge on any atom is 0.317 e. The molecule has 2 rings (SSSR count). The van der Waals surface area contributed by atoms with Gasteiger partial charge in [0.25, 0.3) is 0 Å². The number of carbonyl (C=O) groups excluding carboxylic acids is 1. The van der Waals surface area contributed by atoms with Gasteiger partial charge in [0.15, 0.2) is 0 Å². The molecule has 2 N–H and O–H groups in total. The number of carboxylic acid groups (broad SMARTS) is 1. The van der Waals surface area contributed by atoms with E-state index in [4.69, 9.17) is 9.84 Å². The van der Waals surface area contributed by atoms with Crippen LogP contribution in [0.3, 0.4) is 0 Å². The van der Waals surface area contributed by atoms with Gasteiger partial charge in [-0.25, -0.2) is 4.79 Å². The summed E-state index contributed by atoms with van der Waals surface area (Å²) >= 11 is 0. The molecule has 2 fully saturated rings. The Morgan fingerprint density at radius 1 is 1.47 bits per heavy atom. The summed E-state index contributed by atoms with van der Waals surface area (Å²) in [5, 5.41) is 11.5. The summed E-state index contributed by atoms with van der Waals surface area (Å²) in [6.45, 7) is 4.00. The number of carboxylic acids is 1. The number of nitrogens with one attached hydrogen (secondary N) is 1. The number of rotatable bonds is 3.